The van der Waals surface area contributed by atoms with Gasteiger partial charge in [0.2, 0.25) is 11.1 Å². The first-order valence-electron chi connectivity index (χ1n) is 6.58. The molecular formula is C13H11Br5N4OS. The maximum atomic E-state index is 12.3. The van der Waals surface area contributed by atoms with Crippen molar-refractivity contribution in [2.45, 2.75) is 24.9 Å². The van der Waals surface area contributed by atoms with Crippen LogP contribution in [0, 0.1) is 0 Å². The number of benzene rings is 1. The van der Waals surface area contributed by atoms with E-state index in [1.54, 1.807) is 0 Å². The first kappa shape index (κ1) is 20.9. The lowest BCUT2D eigenvalue weighted by atomic mass is 10.2. The Bertz CT molecular complexity index is 751. The number of nitrogens with zero attached hydrogens (tertiary/aromatic N) is 2. The fraction of sp³-hybridized carbons (Fsp3) is 0.308. The van der Waals surface area contributed by atoms with E-state index in [-0.39, 0.29) is 17.6 Å². The number of hydrogen-bond donors (Lipinski definition) is 2. The van der Waals surface area contributed by atoms with Crippen LogP contribution in [0.4, 0.5) is 5.69 Å². The van der Waals surface area contributed by atoms with Crippen molar-refractivity contribution in [3.8, 4) is 0 Å². The lowest BCUT2D eigenvalue weighted by Gasteiger charge is -2.14. The molecule has 1 aromatic carbocycles. The molecule has 0 saturated carbocycles. The van der Waals surface area contributed by atoms with Crippen molar-refractivity contribution in [1.29, 1.82) is 0 Å². The zero-order valence-corrected chi connectivity index (χ0v) is 21.1. The average Bonchev–Trinajstić information content (AvgIpc) is 3.02. The van der Waals surface area contributed by atoms with Crippen LogP contribution in [0.5, 0.6) is 0 Å². The summed E-state index contributed by atoms with van der Waals surface area (Å²) >= 11 is 18.7. The molecule has 0 aliphatic heterocycles. The second kappa shape index (κ2) is 8.98. The number of amides is 1. The number of aromatic nitrogens is 3. The quantitative estimate of drug-likeness (QED) is 0.218. The van der Waals surface area contributed by atoms with E-state index in [0.717, 1.165) is 28.2 Å². The zero-order valence-electron chi connectivity index (χ0n) is 12.4. The van der Waals surface area contributed by atoms with Gasteiger partial charge in [0.1, 0.15) is 5.82 Å². The first-order valence-corrected chi connectivity index (χ1v) is 11.5. The molecule has 1 amide bonds. The highest BCUT2D eigenvalue weighted by atomic mass is 79.9. The molecule has 0 fully saturated rings. The third-order valence-electron chi connectivity index (χ3n) is 2.84. The minimum atomic E-state index is -0.154. The predicted octanol–water partition coefficient (Wildman–Crippen LogP) is 6.47. The molecule has 2 N–H and O–H groups in total. The van der Waals surface area contributed by atoms with E-state index in [0.29, 0.717) is 10.8 Å². The van der Waals surface area contributed by atoms with Gasteiger partial charge < -0.3 is 5.32 Å². The molecule has 2 aromatic rings. The molecule has 1 aromatic heterocycles. The van der Waals surface area contributed by atoms with Gasteiger partial charge in [0.25, 0.3) is 0 Å². The first-order chi connectivity index (χ1) is 11.2. The van der Waals surface area contributed by atoms with Crippen molar-refractivity contribution in [3.63, 3.8) is 0 Å². The van der Waals surface area contributed by atoms with Crippen LogP contribution < -0.4 is 5.32 Å². The van der Waals surface area contributed by atoms with Crippen molar-refractivity contribution in [3.05, 3.63) is 28.2 Å². The molecule has 0 bridgehead atoms. The third kappa shape index (κ3) is 4.85. The zero-order chi connectivity index (χ0) is 18.0. The van der Waals surface area contributed by atoms with E-state index in [1.165, 1.54) is 11.8 Å². The smallest absolute Gasteiger partial charge is 0.234 e. The minimum Gasteiger partial charge on any atom is -0.323 e. The number of H-pyrrole nitrogens is 1. The maximum Gasteiger partial charge on any atom is 0.234 e. The molecule has 0 spiro atoms. The van der Waals surface area contributed by atoms with Crippen LogP contribution in [0.25, 0.3) is 0 Å². The summed E-state index contributed by atoms with van der Waals surface area (Å²) in [5.74, 6) is 1.13. The number of nitrogens with one attached hydrogen (secondary N) is 2. The summed E-state index contributed by atoms with van der Waals surface area (Å²) in [5, 5.41) is 10.4. The molecule has 0 atom stereocenters. The Labute approximate surface area is 185 Å². The Hall–Kier alpha value is 0.580. The van der Waals surface area contributed by atoms with E-state index in [9.17, 15) is 4.79 Å². The summed E-state index contributed by atoms with van der Waals surface area (Å²) in [6.45, 7) is 4.06. The van der Waals surface area contributed by atoms with E-state index >= 15 is 0 Å². The third-order valence-corrected chi connectivity index (χ3v) is 9.78. The lowest BCUT2D eigenvalue weighted by Crippen LogP contribution is -2.15. The lowest BCUT2D eigenvalue weighted by molar-refractivity contribution is -0.113. The monoisotopic (exact) mass is 666 g/mol. The number of halogens is 5. The molecule has 0 saturated heterocycles. The van der Waals surface area contributed by atoms with Crippen LogP contribution in [0.1, 0.15) is 25.6 Å². The van der Waals surface area contributed by atoms with Gasteiger partial charge in [-0.1, -0.05) is 25.6 Å². The summed E-state index contributed by atoms with van der Waals surface area (Å²) in [7, 11) is 0. The van der Waals surface area contributed by atoms with Gasteiger partial charge in [0.05, 0.1) is 20.4 Å². The highest BCUT2D eigenvalue weighted by Gasteiger charge is 2.19. The molecule has 0 unspecified atom stereocenters. The van der Waals surface area contributed by atoms with Gasteiger partial charge in [-0.15, -0.1) is 5.10 Å². The van der Waals surface area contributed by atoms with E-state index in [2.05, 4.69) is 100 Å². The van der Waals surface area contributed by atoms with Gasteiger partial charge in [0, 0.05) is 19.3 Å². The minimum absolute atomic E-state index is 0.154. The molecule has 2 rings (SSSR count). The van der Waals surface area contributed by atoms with Crippen LogP contribution >= 0.6 is 91.4 Å². The Kier molecular flexibility index (Phi) is 7.82. The molecule has 0 aliphatic rings. The van der Waals surface area contributed by atoms with Crippen LogP contribution in [0.15, 0.2) is 27.5 Å². The van der Waals surface area contributed by atoms with Crippen LogP contribution in [0.3, 0.4) is 0 Å². The number of carbonyl (C=O) groups is 1. The topological polar surface area (TPSA) is 70.7 Å². The maximum absolute atomic E-state index is 12.3. The van der Waals surface area contributed by atoms with Gasteiger partial charge in [-0.2, -0.15) is 0 Å². The van der Waals surface area contributed by atoms with Crippen molar-refractivity contribution >= 4 is 103 Å². The fourth-order valence-electron chi connectivity index (χ4n) is 1.60. The highest BCUT2D eigenvalue weighted by molar-refractivity contribution is 9.15. The standard InChI is InChI=1S/C13H11Br5N4OS/c1-4(2)12-20-13(22-21-12)24-3-5(23)19-11-9(17)7(15)6(14)8(16)10(11)18/h4H,3H2,1-2H3,(H,19,23)(H,20,21,22). The molecule has 0 aliphatic carbocycles. The average molecular weight is 671 g/mol. The molecule has 5 nitrogen and oxygen atoms in total. The fourth-order valence-corrected chi connectivity index (χ4v) is 5.45. The van der Waals surface area contributed by atoms with Gasteiger partial charge in [0.15, 0.2) is 0 Å². The van der Waals surface area contributed by atoms with Crippen LogP contribution in [0.2, 0.25) is 0 Å². The summed E-state index contributed by atoms with van der Waals surface area (Å²) in [4.78, 5) is 16.6. The number of thioether (sulfide) groups is 1. The predicted molar refractivity (Wildman–Crippen MR) is 115 cm³/mol. The van der Waals surface area contributed by atoms with Gasteiger partial charge in [-0.3, -0.25) is 9.89 Å². The van der Waals surface area contributed by atoms with Crippen LogP contribution in [-0.2, 0) is 4.79 Å². The molecular weight excluding hydrogens is 660 g/mol. The normalized spacial score (nSPS) is 11.2. The van der Waals surface area contributed by atoms with Gasteiger partial charge >= 0.3 is 0 Å². The molecule has 24 heavy (non-hydrogen) atoms. The van der Waals surface area contributed by atoms with Crippen molar-refractivity contribution in [1.82, 2.24) is 15.2 Å². The summed E-state index contributed by atoms with van der Waals surface area (Å²) in [5.41, 5.74) is 0.639. The van der Waals surface area contributed by atoms with Crippen molar-refractivity contribution < 1.29 is 4.79 Å². The van der Waals surface area contributed by atoms with Gasteiger partial charge in [-0.25, -0.2) is 4.98 Å². The molecule has 130 valence electrons. The second-order valence-corrected chi connectivity index (χ2v) is 9.85. The van der Waals surface area contributed by atoms with Gasteiger partial charge in [-0.05, 0) is 79.6 Å². The highest BCUT2D eigenvalue weighted by Crippen LogP contribution is 2.47. The number of aromatic amines is 1. The number of rotatable bonds is 5. The van der Waals surface area contributed by atoms with E-state index in [4.69, 9.17) is 0 Å². The summed E-state index contributed by atoms with van der Waals surface area (Å²) < 4.78 is 3.92. The van der Waals surface area contributed by atoms with Crippen molar-refractivity contribution in [2.75, 3.05) is 11.1 Å². The van der Waals surface area contributed by atoms with E-state index < -0.39 is 0 Å². The Morgan fingerprint density at radius 1 is 1.08 bits per heavy atom. The van der Waals surface area contributed by atoms with Crippen molar-refractivity contribution in [2.24, 2.45) is 0 Å². The molecule has 11 heteroatoms. The SMILES string of the molecule is CC(C)c1nc(SCC(=O)Nc2c(Br)c(Br)c(Br)c(Br)c2Br)n[nH]1. The largest absolute Gasteiger partial charge is 0.323 e. The summed E-state index contributed by atoms with van der Waals surface area (Å²) in [6, 6.07) is 0. The number of anilines is 1. The Balaban J connectivity index is 2.07. The number of hydrogen-bond acceptors (Lipinski definition) is 4. The Morgan fingerprint density at radius 3 is 2.12 bits per heavy atom. The second-order valence-electron chi connectivity index (χ2n) is 4.94. The summed E-state index contributed by atoms with van der Waals surface area (Å²) in [6.07, 6.45) is 0. The van der Waals surface area contributed by atoms with Crippen LogP contribution in [-0.4, -0.2) is 26.8 Å². The Morgan fingerprint density at radius 2 is 1.62 bits per heavy atom. The number of carbonyl (C=O) groups excluding carboxylic acids is 1. The molecule has 1 heterocycles. The molecule has 0 radical (unpaired) electrons. The van der Waals surface area contributed by atoms with E-state index in [1.807, 2.05) is 13.8 Å².